The molecule has 1 atom stereocenters. The van der Waals surface area contributed by atoms with Crippen LogP contribution in [0.1, 0.15) is 32.3 Å². The van der Waals surface area contributed by atoms with E-state index in [1.807, 2.05) is 19.1 Å². The summed E-state index contributed by atoms with van der Waals surface area (Å²) in [6.45, 7) is 3.98. The molecule has 0 saturated heterocycles. The van der Waals surface area contributed by atoms with Gasteiger partial charge in [-0.15, -0.1) is 0 Å². The molecule has 0 saturated carbocycles. The molecule has 1 aromatic carbocycles. The van der Waals surface area contributed by atoms with Crippen molar-refractivity contribution in [2.24, 2.45) is 0 Å². The molecule has 2 heteroatoms. The molecule has 0 amide bonds. The molecule has 0 spiro atoms. The predicted octanol–water partition coefficient (Wildman–Crippen LogP) is 0.685. The first-order valence-electron chi connectivity index (χ1n) is 4.86. The lowest BCUT2D eigenvalue weighted by Gasteiger charge is -2.23. The molecule has 0 radical (unpaired) electrons. The fraction of sp³-hybridized carbons (Fsp3) is 0.455. The van der Waals surface area contributed by atoms with Gasteiger partial charge in [0.15, 0.2) is 0 Å². The Morgan fingerprint density at radius 2 is 1.85 bits per heavy atom. The molecule has 0 bridgehead atoms. The lowest BCUT2D eigenvalue weighted by Crippen LogP contribution is -2.21. The summed E-state index contributed by atoms with van der Waals surface area (Å²) in [5.74, 6) is 0. The Morgan fingerprint density at radius 3 is 2.31 bits per heavy atom. The fourth-order valence-electron chi connectivity index (χ4n) is 1.54. The highest BCUT2D eigenvalue weighted by atomic mass is 28.1. The van der Waals surface area contributed by atoms with Gasteiger partial charge in [-0.3, -0.25) is 0 Å². The van der Waals surface area contributed by atoms with Crippen molar-refractivity contribution in [3.8, 4) is 0 Å². The Bertz CT molecular complexity index is 264. The number of benzene rings is 1. The van der Waals surface area contributed by atoms with E-state index < -0.39 is 5.60 Å². The zero-order chi connectivity index (χ0) is 9.90. The van der Waals surface area contributed by atoms with Crippen LogP contribution in [-0.4, -0.2) is 15.3 Å². The average molecular weight is 194 g/mol. The first-order valence-corrected chi connectivity index (χ1v) is 5.86. The summed E-state index contributed by atoms with van der Waals surface area (Å²) in [5, 5.41) is 11.5. The minimum atomic E-state index is -0.649. The molecule has 0 heterocycles. The van der Waals surface area contributed by atoms with Gasteiger partial charge in [0.2, 0.25) is 0 Å². The second-order valence-corrected chi connectivity index (χ2v) is 5.04. The number of hydrogen-bond donors (Lipinski definition) is 1. The van der Waals surface area contributed by atoms with Gasteiger partial charge in [0.1, 0.15) is 0 Å². The van der Waals surface area contributed by atoms with Crippen molar-refractivity contribution in [2.45, 2.75) is 32.3 Å². The van der Waals surface area contributed by atoms with Crippen molar-refractivity contribution in [2.75, 3.05) is 0 Å². The maximum Gasteiger partial charge on any atom is 0.0868 e. The summed E-state index contributed by atoms with van der Waals surface area (Å²) in [5.41, 5.74) is 0.387. The van der Waals surface area contributed by atoms with Crippen molar-refractivity contribution >= 4 is 15.4 Å². The van der Waals surface area contributed by atoms with Gasteiger partial charge in [0, 0.05) is 10.2 Å². The van der Waals surface area contributed by atoms with Gasteiger partial charge in [-0.2, -0.15) is 0 Å². The van der Waals surface area contributed by atoms with Crippen LogP contribution in [-0.2, 0) is 5.60 Å². The molecule has 1 unspecified atom stereocenters. The lowest BCUT2D eigenvalue weighted by molar-refractivity contribution is 0.0470. The van der Waals surface area contributed by atoms with Crippen molar-refractivity contribution in [3.05, 3.63) is 29.8 Å². The second kappa shape index (κ2) is 4.07. The number of rotatable bonds is 3. The molecular formula is C11H18OSi. The van der Waals surface area contributed by atoms with E-state index in [1.165, 1.54) is 5.19 Å². The van der Waals surface area contributed by atoms with Crippen LogP contribution in [0.5, 0.6) is 0 Å². The van der Waals surface area contributed by atoms with E-state index in [1.54, 1.807) is 0 Å². The van der Waals surface area contributed by atoms with Gasteiger partial charge in [-0.1, -0.05) is 42.8 Å². The van der Waals surface area contributed by atoms with Gasteiger partial charge < -0.3 is 5.11 Å². The SMILES string of the molecule is CCCC(C)(O)c1ccc([SiH3])cc1. The highest BCUT2D eigenvalue weighted by Gasteiger charge is 2.20. The van der Waals surface area contributed by atoms with Crippen LogP contribution >= 0.6 is 0 Å². The molecule has 0 fully saturated rings. The van der Waals surface area contributed by atoms with E-state index in [0.29, 0.717) is 0 Å². The largest absolute Gasteiger partial charge is 0.385 e. The number of aliphatic hydroxyl groups is 1. The highest BCUT2D eigenvalue weighted by molar-refractivity contribution is 6.32. The third kappa shape index (κ3) is 2.67. The zero-order valence-corrected chi connectivity index (χ0v) is 10.7. The van der Waals surface area contributed by atoms with Crippen molar-refractivity contribution in [3.63, 3.8) is 0 Å². The summed E-state index contributed by atoms with van der Waals surface area (Å²) in [6, 6.07) is 8.29. The average Bonchev–Trinajstić information content (AvgIpc) is 2.05. The standard InChI is InChI=1S/C11H18OSi/c1-3-8-11(2,12)9-4-6-10(13)7-5-9/h4-7,12H,3,8H2,1-2,13H3. The van der Waals surface area contributed by atoms with E-state index in [4.69, 9.17) is 0 Å². The minimum Gasteiger partial charge on any atom is -0.385 e. The van der Waals surface area contributed by atoms with Crippen LogP contribution in [0, 0.1) is 0 Å². The molecule has 0 aliphatic carbocycles. The predicted molar refractivity (Wildman–Crippen MR) is 60.5 cm³/mol. The van der Waals surface area contributed by atoms with E-state index >= 15 is 0 Å². The van der Waals surface area contributed by atoms with Crippen molar-refractivity contribution < 1.29 is 5.11 Å². The monoisotopic (exact) mass is 194 g/mol. The maximum absolute atomic E-state index is 10.1. The first kappa shape index (κ1) is 10.5. The zero-order valence-electron chi connectivity index (χ0n) is 8.67. The Kier molecular flexibility index (Phi) is 3.28. The maximum atomic E-state index is 10.1. The Balaban J connectivity index is 2.87. The van der Waals surface area contributed by atoms with Crippen LogP contribution < -0.4 is 5.19 Å². The molecule has 1 nitrogen and oxygen atoms in total. The van der Waals surface area contributed by atoms with E-state index in [2.05, 4.69) is 19.1 Å². The van der Waals surface area contributed by atoms with Gasteiger partial charge in [-0.25, -0.2) is 0 Å². The van der Waals surface area contributed by atoms with E-state index in [9.17, 15) is 5.11 Å². The minimum absolute atomic E-state index is 0.649. The first-order chi connectivity index (χ1) is 6.06. The molecule has 1 N–H and O–H groups in total. The summed E-state index contributed by atoms with van der Waals surface area (Å²) < 4.78 is 0. The van der Waals surface area contributed by atoms with Gasteiger partial charge in [-0.05, 0) is 18.9 Å². The molecule has 1 aromatic rings. The van der Waals surface area contributed by atoms with Crippen LogP contribution in [0.4, 0.5) is 0 Å². The van der Waals surface area contributed by atoms with Gasteiger partial charge >= 0.3 is 0 Å². The normalized spacial score (nSPS) is 15.6. The molecule has 72 valence electrons. The van der Waals surface area contributed by atoms with Crippen molar-refractivity contribution in [1.29, 1.82) is 0 Å². The van der Waals surface area contributed by atoms with E-state index in [-0.39, 0.29) is 0 Å². The summed E-state index contributed by atoms with van der Waals surface area (Å²) in [4.78, 5) is 0. The van der Waals surface area contributed by atoms with Crippen LogP contribution in [0.3, 0.4) is 0 Å². The molecule has 13 heavy (non-hydrogen) atoms. The number of hydrogen-bond acceptors (Lipinski definition) is 1. The van der Waals surface area contributed by atoms with Gasteiger partial charge in [0.25, 0.3) is 0 Å². The van der Waals surface area contributed by atoms with Crippen LogP contribution in [0.25, 0.3) is 0 Å². The van der Waals surface area contributed by atoms with Gasteiger partial charge in [0.05, 0.1) is 5.60 Å². The van der Waals surface area contributed by atoms with Crippen LogP contribution in [0.15, 0.2) is 24.3 Å². The summed E-state index contributed by atoms with van der Waals surface area (Å²) in [6.07, 6.45) is 1.84. The Labute approximate surface area is 83.2 Å². The third-order valence-electron chi connectivity index (χ3n) is 2.41. The fourth-order valence-corrected chi connectivity index (χ4v) is 1.88. The third-order valence-corrected chi connectivity index (χ3v) is 3.08. The molecule has 0 aliphatic rings. The molecular weight excluding hydrogens is 176 g/mol. The molecule has 0 aromatic heterocycles. The topological polar surface area (TPSA) is 20.2 Å². The Morgan fingerprint density at radius 1 is 1.31 bits per heavy atom. The quantitative estimate of drug-likeness (QED) is 0.702. The second-order valence-electron chi connectivity index (χ2n) is 3.89. The van der Waals surface area contributed by atoms with Crippen molar-refractivity contribution in [1.82, 2.24) is 0 Å². The smallest absolute Gasteiger partial charge is 0.0868 e. The Hall–Kier alpha value is -0.603. The molecule has 0 aliphatic heterocycles. The lowest BCUT2D eigenvalue weighted by atomic mass is 9.92. The summed E-state index contributed by atoms with van der Waals surface area (Å²) >= 11 is 0. The highest BCUT2D eigenvalue weighted by Crippen LogP contribution is 2.24. The molecule has 1 rings (SSSR count). The van der Waals surface area contributed by atoms with Crippen LogP contribution in [0.2, 0.25) is 0 Å². The van der Waals surface area contributed by atoms with E-state index in [0.717, 1.165) is 28.6 Å². The summed E-state index contributed by atoms with van der Waals surface area (Å²) in [7, 11) is 1.08.